The number of rotatable bonds is 2. The molecule has 1 aromatic rings. The molecule has 3 aliphatic heterocycles. The van der Waals surface area contributed by atoms with E-state index in [0.29, 0.717) is 19.0 Å². The summed E-state index contributed by atoms with van der Waals surface area (Å²) >= 11 is 0. The van der Waals surface area contributed by atoms with E-state index in [1.807, 2.05) is 18.2 Å². The minimum atomic E-state index is -0.574. The molecule has 2 atom stereocenters. The van der Waals surface area contributed by atoms with Crippen molar-refractivity contribution in [2.75, 3.05) is 31.6 Å². The highest BCUT2D eigenvalue weighted by molar-refractivity contribution is 6.08. The molecule has 3 amide bonds. The summed E-state index contributed by atoms with van der Waals surface area (Å²) in [6, 6.07) is 5.81. The van der Waals surface area contributed by atoms with Crippen LogP contribution in [0.3, 0.4) is 0 Å². The Morgan fingerprint density at radius 1 is 1.10 bits per heavy atom. The first-order valence-electron chi connectivity index (χ1n) is 10.4. The zero-order chi connectivity index (χ0) is 20.9. The van der Waals surface area contributed by atoms with Crippen molar-refractivity contribution < 1.29 is 14.4 Å². The van der Waals surface area contributed by atoms with Gasteiger partial charge in [0.15, 0.2) is 0 Å². The lowest BCUT2D eigenvalue weighted by Gasteiger charge is -2.46. The van der Waals surface area contributed by atoms with E-state index in [0.717, 1.165) is 36.4 Å². The monoisotopic (exact) mass is 398 g/mol. The number of fused-ring (bicyclic) bond motifs is 1. The minimum Gasteiger partial charge on any atom is -0.368 e. The highest BCUT2D eigenvalue weighted by atomic mass is 16.2. The molecule has 3 aliphatic rings. The third kappa shape index (κ3) is 3.52. The molecule has 7 nitrogen and oxygen atoms in total. The molecule has 0 saturated carbocycles. The van der Waals surface area contributed by atoms with Crippen LogP contribution in [0.25, 0.3) is 0 Å². The van der Waals surface area contributed by atoms with Gasteiger partial charge in [-0.15, -0.1) is 0 Å². The van der Waals surface area contributed by atoms with Gasteiger partial charge in [-0.05, 0) is 30.5 Å². The minimum absolute atomic E-state index is 0.101. The van der Waals surface area contributed by atoms with Gasteiger partial charge in [0.1, 0.15) is 6.04 Å². The second-order valence-electron chi connectivity index (χ2n) is 9.52. The molecule has 3 heterocycles. The molecule has 1 N–H and O–H groups in total. The van der Waals surface area contributed by atoms with Gasteiger partial charge in [0.05, 0.1) is 5.56 Å². The zero-order valence-electron chi connectivity index (χ0n) is 17.7. The first kappa shape index (κ1) is 19.9. The van der Waals surface area contributed by atoms with Crippen LogP contribution in [0.5, 0.6) is 0 Å². The average molecular weight is 399 g/mol. The lowest BCUT2D eigenvalue weighted by atomic mass is 9.84. The van der Waals surface area contributed by atoms with E-state index in [9.17, 15) is 14.4 Å². The number of benzene rings is 1. The van der Waals surface area contributed by atoms with Gasteiger partial charge >= 0.3 is 0 Å². The van der Waals surface area contributed by atoms with E-state index in [4.69, 9.17) is 0 Å². The molecule has 0 aliphatic carbocycles. The third-order valence-corrected chi connectivity index (χ3v) is 6.52. The lowest BCUT2D eigenvalue weighted by molar-refractivity contribution is -0.136. The number of piperidine rings is 1. The fourth-order valence-electron chi connectivity index (χ4n) is 4.89. The Kier molecular flexibility index (Phi) is 4.89. The van der Waals surface area contributed by atoms with Crippen LogP contribution in [0.4, 0.5) is 5.69 Å². The molecule has 2 fully saturated rings. The van der Waals surface area contributed by atoms with Crippen molar-refractivity contribution >= 4 is 23.4 Å². The fourth-order valence-corrected chi connectivity index (χ4v) is 4.89. The predicted molar refractivity (Wildman–Crippen MR) is 111 cm³/mol. The van der Waals surface area contributed by atoms with E-state index in [1.54, 1.807) is 4.90 Å². The second-order valence-corrected chi connectivity index (χ2v) is 9.52. The Morgan fingerprint density at radius 2 is 1.86 bits per heavy atom. The molecular weight excluding hydrogens is 368 g/mol. The third-order valence-electron chi connectivity index (χ3n) is 6.52. The van der Waals surface area contributed by atoms with Crippen LogP contribution in [0.2, 0.25) is 0 Å². The van der Waals surface area contributed by atoms with Crippen LogP contribution in [0.15, 0.2) is 18.2 Å². The van der Waals surface area contributed by atoms with Crippen LogP contribution >= 0.6 is 0 Å². The van der Waals surface area contributed by atoms with Crippen molar-refractivity contribution in [1.82, 2.24) is 15.1 Å². The maximum atomic E-state index is 13.4. The maximum Gasteiger partial charge on any atom is 0.257 e. The van der Waals surface area contributed by atoms with Crippen molar-refractivity contribution in [2.45, 2.75) is 52.2 Å². The van der Waals surface area contributed by atoms with E-state index in [-0.39, 0.29) is 29.6 Å². The van der Waals surface area contributed by atoms with Crippen molar-refractivity contribution in [3.05, 3.63) is 29.3 Å². The molecule has 0 bridgehead atoms. The van der Waals surface area contributed by atoms with Gasteiger partial charge in [-0.2, -0.15) is 0 Å². The van der Waals surface area contributed by atoms with Crippen molar-refractivity contribution in [1.29, 1.82) is 0 Å². The number of carbonyl (C=O) groups is 3. The standard InChI is InChI=1S/C22H30N4O3/c1-22(2,3)17-13-25(11-10-24(17)4)15-7-5-6-14-12-26(21(29)19(14)15)16-8-9-18(27)23-20(16)28/h5-7,16-17H,8-13H2,1-4H3,(H,23,27,28). The van der Waals surface area contributed by atoms with E-state index in [2.05, 4.69) is 42.9 Å². The topological polar surface area (TPSA) is 73.0 Å². The van der Waals surface area contributed by atoms with Crippen LogP contribution in [0, 0.1) is 5.41 Å². The smallest absolute Gasteiger partial charge is 0.257 e. The van der Waals surface area contributed by atoms with Gasteiger partial charge < -0.3 is 9.80 Å². The number of imide groups is 1. The Hall–Kier alpha value is -2.41. The summed E-state index contributed by atoms with van der Waals surface area (Å²) < 4.78 is 0. The lowest BCUT2D eigenvalue weighted by Crippen LogP contribution is -2.56. The molecule has 4 rings (SSSR count). The summed E-state index contributed by atoms with van der Waals surface area (Å²) in [6.45, 7) is 9.85. The Balaban J connectivity index is 1.61. The number of carbonyl (C=O) groups excluding carboxylic acids is 3. The molecule has 2 unspecified atom stereocenters. The number of piperazine rings is 1. The summed E-state index contributed by atoms with van der Waals surface area (Å²) in [5, 5.41) is 2.37. The normalized spacial score (nSPS) is 26.0. The molecule has 0 radical (unpaired) electrons. The van der Waals surface area contributed by atoms with Crippen LogP contribution in [0.1, 0.15) is 49.5 Å². The fraction of sp³-hybridized carbons (Fsp3) is 0.591. The molecule has 29 heavy (non-hydrogen) atoms. The van der Waals surface area contributed by atoms with Gasteiger partial charge in [-0.1, -0.05) is 32.9 Å². The Bertz CT molecular complexity index is 860. The summed E-state index contributed by atoms with van der Waals surface area (Å²) in [5.41, 5.74) is 2.77. The van der Waals surface area contributed by atoms with Gasteiger partial charge in [-0.25, -0.2) is 0 Å². The van der Waals surface area contributed by atoms with Crippen LogP contribution in [-0.4, -0.2) is 66.3 Å². The van der Waals surface area contributed by atoms with E-state index < -0.39 is 6.04 Å². The quantitative estimate of drug-likeness (QED) is 0.767. The van der Waals surface area contributed by atoms with Gasteiger partial charge in [0, 0.05) is 44.3 Å². The number of anilines is 1. The summed E-state index contributed by atoms with van der Waals surface area (Å²) in [7, 11) is 2.17. The van der Waals surface area contributed by atoms with Crippen molar-refractivity contribution in [2.24, 2.45) is 5.41 Å². The number of nitrogens with zero attached hydrogens (tertiary/aromatic N) is 3. The molecule has 2 saturated heterocycles. The molecule has 1 aromatic carbocycles. The molecule has 0 aromatic heterocycles. The summed E-state index contributed by atoms with van der Waals surface area (Å²) in [4.78, 5) is 43.5. The Morgan fingerprint density at radius 3 is 2.55 bits per heavy atom. The summed E-state index contributed by atoms with van der Waals surface area (Å²) in [5.74, 6) is -0.727. The molecule has 7 heteroatoms. The Labute approximate surface area is 172 Å². The van der Waals surface area contributed by atoms with Gasteiger partial charge in [0.25, 0.3) is 5.91 Å². The second kappa shape index (κ2) is 7.13. The van der Waals surface area contributed by atoms with Crippen LogP contribution in [-0.2, 0) is 16.1 Å². The van der Waals surface area contributed by atoms with Gasteiger partial charge in [-0.3, -0.25) is 24.6 Å². The van der Waals surface area contributed by atoms with Gasteiger partial charge in [0.2, 0.25) is 11.8 Å². The highest BCUT2D eigenvalue weighted by Crippen LogP contribution is 2.36. The number of hydrogen-bond acceptors (Lipinski definition) is 5. The summed E-state index contributed by atoms with van der Waals surface area (Å²) in [6.07, 6.45) is 0.662. The molecular formula is C22H30N4O3. The van der Waals surface area contributed by atoms with Crippen molar-refractivity contribution in [3.8, 4) is 0 Å². The number of nitrogens with one attached hydrogen (secondary N) is 1. The molecule has 0 spiro atoms. The number of likely N-dealkylation sites (N-methyl/N-ethyl adjacent to an activating group) is 1. The maximum absolute atomic E-state index is 13.4. The van der Waals surface area contributed by atoms with Crippen LogP contribution < -0.4 is 10.2 Å². The molecule has 156 valence electrons. The zero-order valence-corrected chi connectivity index (χ0v) is 17.7. The number of hydrogen-bond donors (Lipinski definition) is 1. The first-order chi connectivity index (χ1) is 13.7. The SMILES string of the molecule is CN1CCN(c2cccc3c2C(=O)N(C2CCC(=O)NC2=O)C3)CC1C(C)(C)C. The highest BCUT2D eigenvalue weighted by Gasteiger charge is 2.41. The predicted octanol–water partition coefficient (Wildman–Crippen LogP) is 1.61. The van der Waals surface area contributed by atoms with E-state index >= 15 is 0 Å². The number of amides is 3. The first-order valence-corrected chi connectivity index (χ1v) is 10.4. The van der Waals surface area contributed by atoms with Crippen molar-refractivity contribution in [3.63, 3.8) is 0 Å². The average Bonchev–Trinajstić information content (AvgIpc) is 2.98. The van der Waals surface area contributed by atoms with E-state index in [1.165, 1.54) is 0 Å². The largest absolute Gasteiger partial charge is 0.368 e.